The number of rotatable bonds is 4. The highest BCUT2D eigenvalue weighted by Crippen LogP contribution is 2.36. The summed E-state index contributed by atoms with van der Waals surface area (Å²) in [5.41, 5.74) is 0. The maximum absolute atomic E-state index is 12.1. The van der Waals surface area contributed by atoms with Crippen molar-refractivity contribution in [1.82, 2.24) is 0 Å². The van der Waals surface area contributed by atoms with E-state index in [4.69, 9.17) is 0 Å². The minimum Gasteiger partial charge on any atom is -0.171 e. The Hall–Kier alpha value is -0.210. The lowest BCUT2D eigenvalue weighted by molar-refractivity contribution is -0.138. The van der Waals surface area contributed by atoms with E-state index in [0.717, 1.165) is 25.7 Å². The van der Waals surface area contributed by atoms with Gasteiger partial charge in [0.2, 0.25) is 0 Å². The van der Waals surface area contributed by atoms with Crippen LogP contribution in [0.2, 0.25) is 0 Å². The van der Waals surface area contributed by atoms with Gasteiger partial charge in [-0.3, -0.25) is 0 Å². The topological polar surface area (TPSA) is 0 Å². The molecule has 1 rings (SSSR count). The van der Waals surface area contributed by atoms with Crippen LogP contribution in [-0.2, 0) is 0 Å². The van der Waals surface area contributed by atoms with Gasteiger partial charge < -0.3 is 0 Å². The first kappa shape index (κ1) is 16.8. The average Bonchev–Trinajstić information content (AvgIpc) is 2.29. The largest absolute Gasteiger partial charge is 0.389 e. The van der Waals surface area contributed by atoms with Crippen LogP contribution in [0.3, 0.4) is 0 Å². The van der Waals surface area contributed by atoms with Crippen LogP contribution in [0.5, 0.6) is 0 Å². The molecule has 2 atom stereocenters. The van der Waals surface area contributed by atoms with Crippen LogP contribution in [0, 0.1) is 11.8 Å². The zero-order valence-electron chi connectivity index (χ0n) is 11.4. The monoisotopic (exact) mass is 252 g/mol. The molecule has 1 aliphatic carbocycles. The molecule has 17 heavy (non-hydrogen) atoms. The van der Waals surface area contributed by atoms with E-state index in [0.29, 0.717) is 18.3 Å². The fourth-order valence-electron chi connectivity index (χ4n) is 2.70. The number of alkyl halides is 3. The van der Waals surface area contributed by atoms with Crippen molar-refractivity contribution in [1.29, 1.82) is 0 Å². The Labute approximate surface area is 104 Å². The summed E-state index contributed by atoms with van der Waals surface area (Å²) in [4.78, 5) is 0. The second kappa shape index (κ2) is 8.82. The van der Waals surface area contributed by atoms with Crippen molar-refractivity contribution in [3.63, 3.8) is 0 Å². The van der Waals surface area contributed by atoms with E-state index in [9.17, 15) is 13.2 Å². The molecule has 0 aromatic rings. The normalized spacial score (nSPS) is 25.1. The van der Waals surface area contributed by atoms with Gasteiger partial charge in [0.1, 0.15) is 0 Å². The van der Waals surface area contributed by atoms with Gasteiger partial charge >= 0.3 is 6.18 Å². The highest BCUT2D eigenvalue weighted by molar-refractivity contribution is 4.73. The molecular weight excluding hydrogens is 225 g/mol. The van der Waals surface area contributed by atoms with Crippen molar-refractivity contribution >= 4 is 0 Å². The molecule has 0 nitrogen and oxygen atoms in total. The van der Waals surface area contributed by atoms with E-state index in [1.807, 2.05) is 13.8 Å². The lowest BCUT2D eigenvalue weighted by Crippen LogP contribution is -2.18. The second-order valence-corrected chi connectivity index (χ2v) is 4.84. The van der Waals surface area contributed by atoms with Gasteiger partial charge in [0.05, 0.1) is 0 Å². The first-order valence-electron chi connectivity index (χ1n) is 7.08. The van der Waals surface area contributed by atoms with E-state index in [-0.39, 0.29) is 0 Å². The first-order chi connectivity index (χ1) is 8.01. The van der Waals surface area contributed by atoms with Crippen molar-refractivity contribution < 1.29 is 13.2 Å². The summed E-state index contributed by atoms with van der Waals surface area (Å²) in [5.74, 6) is 1.03. The standard InChI is InChI=1S/C12H21F3.C2H6/c1-2-4-10-5-3-6-11(9-10)7-8-12(13,14)15;1-2/h10-11H,2-9H2,1H3;1-2H3. The van der Waals surface area contributed by atoms with Crippen LogP contribution < -0.4 is 0 Å². The molecule has 0 heterocycles. The lowest BCUT2D eigenvalue weighted by Gasteiger charge is -2.29. The average molecular weight is 252 g/mol. The van der Waals surface area contributed by atoms with Crippen molar-refractivity contribution in [2.45, 2.75) is 78.3 Å². The Bertz CT molecular complexity index is 173. The van der Waals surface area contributed by atoms with Crippen molar-refractivity contribution in [3.8, 4) is 0 Å². The Morgan fingerprint density at radius 2 is 1.53 bits per heavy atom. The van der Waals surface area contributed by atoms with Crippen molar-refractivity contribution in [3.05, 3.63) is 0 Å². The zero-order chi connectivity index (χ0) is 13.3. The molecule has 0 aromatic carbocycles. The van der Waals surface area contributed by atoms with Gasteiger partial charge in [-0.25, -0.2) is 0 Å². The molecule has 0 aliphatic heterocycles. The van der Waals surface area contributed by atoms with Gasteiger partial charge in [0.25, 0.3) is 0 Å². The predicted octanol–water partition coefficient (Wildman–Crippen LogP) is 5.96. The van der Waals surface area contributed by atoms with Gasteiger partial charge in [-0.1, -0.05) is 52.9 Å². The van der Waals surface area contributed by atoms with Gasteiger partial charge in [0, 0.05) is 6.42 Å². The molecular formula is C14H27F3. The molecule has 0 radical (unpaired) electrons. The minimum absolute atomic E-state index is 0.330. The maximum atomic E-state index is 12.1. The molecule has 104 valence electrons. The third kappa shape index (κ3) is 8.50. The summed E-state index contributed by atoms with van der Waals surface area (Å²) in [7, 11) is 0. The van der Waals surface area contributed by atoms with E-state index in [1.165, 1.54) is 12.8 Å². The summed E-state index contributed by atoms with van der Waals surface area (Å²) in [6, 6.07) is 0. The molecule has 0 N–H and O–H groups in total. The SMILES string of the molecule is CC.CCCC1CCCC(CCC(F)(F)F)C1. The van der Waals surface area contributed by atoms with Crippen LogP contribution in [0.4, 0.5) is 13.2 Å². The summed E-state index contributed by atoms with van der Waals surface area (Å²) >= 11 is 0. The van der Waals surface area contributed by atoms with Gasteiger partial charge in [-0.15, -0.1) is 0 Å². The summed E-state index contributed by atoms with van der Waals surface area (Å²) < 4.78 is 36.2. The lowest BCUT2D eigenvalue weighted by atomic mass is 9.77. The zero-order valence-corrected chi connectivity index (χ0v) is 11.4. The first-order valence-corrected chi connectivity index (χ1v) is 7.08. The molecule has 0 aromatic heterocycles. The van der Waals surface area contributed by atoms with Crippen LogP contribution in [0.15, 0.2) is 0 Å². The Kier molecular flexibility index (Phi) is 8.71. The highest BCUT2D eigenvalue weighted by Gasteiger charge is 2.30. The van der Waals surface area contributed by atoms with Crippen LogP contribution in [0.25, 0.3) is 0 Å². The van der Waals surface area contributed by atoms with Gasteiger partial charge in [-0.2, -0.15) is 13.2 Å². The summed E-state index contributed by atoms with van der Waals surface area (Å²) in [6.45, 7) is 6.15. The third-order valence-electron chi connectivity index (χ3n) is 3.42. The van der Waals surface area contributed by atoms with Crippen molar-refractivity contribution in [2.75, 3.05) is 0 Å². The Morgan fingerprint density at radius 3 is 2.00 bits per heavy atom. The fraction of sp³-hybridized carbons (Fsp3) is 1.00. The molecule has 0 bridgehead atoms. The van der Waals surface area contributed by atoms with Crippen LogP contribution in [-0.4, -0.2) is 6.18 Å². The van der Waals surface area contributed by atoms with E-state index >= 15 is 0 Å². The fourth-order valence-corrected chi connectivity index (χ4v) is 2.70. The van der Waals surface area contributed by atoms with Crippen molar-refractivity contribution in [2.24, 2.45) is 11.8 Å². The molecule has 1 saturated carbocycles. The molecule has 1 aliphatic rings. The molecule has 0 spiro atoms. The van der Waals surface area contributed by atoms with Gasteiger partial charge in [0.15, 0.2) is 0 Å². The minimum atomic E-state index is -3.96. The molecule has 2 unspecified atom stereocenters. The quantitative estimate of drug-likeness (QED) is 0.579. The smallest absolute Gasteiger partial charge is 0.171 e. The van der Waals surface area contributed by atoms with Gasteiger partial charge in [-0.05, 0) is 24.7 Å². The predicted molar refractivity (Wildman–Crippen MR) is 67.0 cm³/mol. The second-order valence-electron chi connectivity index (χ2n) is 4.84. The molecule has 0 amide bonds. The Morgan fingerprint density at radius 1 is 1.00 bits per heavy atom. The van der Waals surface area contributed by atoms with E-state index in [2.05, 4.69) is 6.92 Å². The van der Waals surface area contributed by atoms with Crippen LogP contribution in [0.1, 0.15) is 72.1 Å². The number of hydrogen-bond donors (Lipinski definition) is 0. The van der Waals surface area contributed by atoms with Crippen LogP contribution >= 0.6 is 0 Å². The summed E-state index contributed by atoms with van der Waals surface area (Å²) in [5, 5.41) is 0. The Balaban J connectivity index is 0.00000121. The maximum Gasteiger partial charge on any atom is 0.389 e. The molecule has 0 saturated heterocycles. The molecule has 3 heteroatoms. The van der Waals surface area contributed by atoms with E-state index in [1.54, 1.807) is 0 Å². The highest BCUT2D eigenvalue weighted by atomic mass is 19.4. The summed E-state index contributed by atoms with van der Waals surface area (Å²) in [6.07, 6.45) is 2.57. The number of hydrogen-bond acceptors (Lipinski definition) is 0. The van der Waals surface area contributed by atoms with E-state index < -0.39 is 12.6 Å². The molecule has 1 fully saturated rings. The number of halogens is 3. The third-order valence-corrected chi connectivity index (χ3v) is 3.42.